The van der Waals surface area contributed by atoms with E-state index in [1.165, 1.54) is 10.3 Å². The molecule has 0 bridgehead atoms. The third-order valence-corrected chi connectivity index (χ3v) is 7.58. The molecule has 7 heteroatoms. The molecule has 1 saturated heterocycles. The number of hydrogen-bond donors (Lipinski definition) is 1. The van der Waals surface area contributed by atoms with Crippen molar-refractivity contribution in [2.75, 3.05) is 19.7 Å². The molecule has 1 amide bonds. The van der Waals surface area contributed by atoms with Crippen LogP contribution in [0, 0.1) is 0 Å². The number of carboxylic acid groups (broad SMARTS) is 1. The second kappa shape index (κ2) is 13.4. The molecule has 0 aliphatic carbocycles. The highest BCUT2D eigenvalue weighted by molar-refractivity contribution is 5.82. The van der Waals surface area contributed by atoms with Crippen molar-refractivity contribution in [1.29, 1.82) is 0 Å². The van der Waals surface area contributed by atoms with Gasteiger partial charge >= 0.3 is 12.1 Å². The van der Waals surface area contributed by atoms with Crippen molar-refractivity contribution in [2.45, 2.75) is 44.7 Å². The number of rotatable bonds is 10. The Morgan fingerprint density at radius 3 is 2.37 bits per heavy atom. The minimum atomic E-state index is -0.929. The fourth-order valence-electron chi connectivity index (χ4n) is 5.31. The minimum Gasteiger partial charge on any atom is -0.465 e. The first kappa shape index (κ1) is 28.3. The quantitative estimate of drug-likeness (QED) is 0.220. The molecule has 0 radical (unpaired) electrons. The SMILES string of the molecule is CC(OC(=O)COCc1ccccc1)c1ccc(C2CCN(C(=O)O)CC2OCc2ccc3ccccc3c2)cc1. The summed E-state index contributed by atoms with van der Waals surface area (Å²) < 4.78 is 17.5. The average molecular weight is 554 g/mol. The van der Waals surface area contributed by atoms with Crippen LogP contribution < -0.4 is 0 Å². The van der Waals surface area contributed by atoms with Crippen LogP contribution >= 0.6 is 0 Å². The lowest BCUT2D eigenvalue weighted by molar-refractivity contribution is -0.154. The topological polar surface area (TPSA) is 85.3 Å². The highest BCUT2D eigenvalue weighted by Gasteiger charge is 2.33. The Balaban J connectivity index is 1.19. The van der Waals surface area contributed by atoms with Crippen LogP contribution in [-0.2, 0) is 32.2 Å². The van der Waals surface area contributed by atoms with Crippen LogP contribution in [0.3, 0.4) is 0 Å². The zero-order valence-electron chi connectivity index (χ0n) is 23.1. The first-order chi connectivity index (χ1) is 20.0. The molecule has 1 aliphatic heterocycles. The lowest BCUT2D eigenvalue weighted by atomic mass is 9.86. The Hall–Kier alpha value is -4.20. The summed E-state index contributed by atoms with van der Waals surface area (Å²) in [5.41, 5.74) is 4.00. The van der Waals surface area contributed by atoms with Gasteiger partial charge in [-0.3, -0.25) is 0 Å². The number of fused-ring (bicyclic) bond motifs is 1. The van der Waals surface area contributed by atoms with E-state index in [0.717, 1.165) is 27.6 Å². The summed E-state index contributed by atoms with van der Waals surface area (Å²) in [5.74, 6) is -0.370. The third kappa shape index (κ3) is 7.51. The van der Waals surface area contributed by atoms with Crippen molar-refractivity contribution >= 4 is 22.8 Å². The molecule has 3 atom stereocenters. The van der Waals surface area contributed by atoms with Gasteiger partial charge in [-0.25, -0.2) is 9.59 Å². The smallest absolute Gasteiger partial charge is 0.407 e. The van der Waals surface area contributed by atoms with Crippen molar-refractivity contribution in [3.8, 4) is 0 Å². The molecule has 41 heavy (non-hydrogen) atoms. The lowest BCUT2D eigenvalue weighted by Crippen LogP contribution is -2.46. The number of esters is 1. The Bertz CT molecular complexity index is 1460. The zero-order chi connectivity index (χ0) is 28.6. The van der Waals surface area contributed by atoms with Gasteiger partial charge in [0.2, 0.25) is 0 Å². The Kier molecular flexibility index (Phi) is 9.29. The van der Waals surface area contributed by atoms with Gasteiger partial charge in [0.1, 0.15) is 12.7 Å². The predicted molar refractivity (Wildman–Crippen MR) is 157 cm³/mol. The van der Waals surface area contributed by atoms with Crippen molar-refractivity contribution in [2.24, 2.45) is 0 Å². The molecule has 212 valence electrons. The first-order valence-electron chi connectivity index (χ1n) is 13.9. The van der Waals surface area contributed by atoms with Gasteiger partial charge in [0.05, 0.1) is 25.9 Å². The maximum absolute atomic E-state index is 12.3. The van der Waals surface area contributed by atoms with E-state index in [2.05, 4.69) is 30.3 Å². The van der Waals surface area contributed by atoms with E-state index < -0.39 is 18.2 Å². The number of nitrogens with zero attached hydrogens (tertiary/aromatic N) is 1. The molecule has 0 spiro atoms. The van der Waals surface area contributed by atoms with E-state index in [9.17, 15) is 14.7 Å². The molecule has 4 aromatic rings. The maximum atomic E-state index is 12.3. The number of likely N-dealkylation sites (tertiary alicyclic amines) is 1. The summed E-state index contributed by atoms with van der Waals surface area (Å²) in [5, 5.41) is 11.9. The van der Waals surface area contributed by atoms with E-state index >= 15 is 0 Å². The van der Waals surface area contributed by atoms with Gasteiger partial charge in [0, 0.05) is 12.5 Å². The average Bonchev–Trinajstić information content (AvgIpc) is 3.00. The minimum absolute atomic E-state index is 0.0457. The summed E-state index contributed by atoms with van der Waals surface area (Å²) in [4.78, 5) is 25.5. The van der Waals surface area contributed by atoms with Gasteiger partial charge in [0.25, 0.3) is 0 Å². The summed E-state index contributed by atoms with van der Waals surface area (Å²) in [6.07, 6.45) is -0.974. The second-order valence-electron chi connectivity index (χ2n) is 10.4. The van der Waals surface area contributed by atoms with Gasteiger partial charge in [-0.1, -0.05) is 91.0 Å². The Morgan fingerprint density at radius 2 is 1.61 bits per heavy atom. The monoisotopic (exact) mass is 553 g/mol. The van der Waals surface area contributed by atoms with Crippen molar-refractivity contribution in [3.63, 3.8) is 0 Å². The zero-order valence-corrected chi connectivity index (χ0v) is 23.1. The van der Waals surface area contributed by atoms with E-state index in [1.807, 2.05) is 73.7 Å². The molecule has 1 heterocycles. The van der Waals surface area contributed by atoms with Gasteiger partial charge in [-0.15, -0.1) is 0 Å². The first-order valence-corrected chi connectivity index (χ1v) is 13.9. The van der Waals surface area contributed by atoms with Gasteiger partial charge in [-0.2, -0.15) is 0 Å². The van der Waals surface area contributed by atoms with Gasteiger partial charge in [-0.05, 0) is 52.4 Å². The van der Waals surface area contributed by atoms with Crippen molar-refractivity contribution < 1.29 is 28.9 Å². The number of ether oxygens (including phenoxy) is 3. The van der Waals surface area contributed by atoms with Crippen molar-refractivity contribution in [1.82, 2.24) is 4.90 Å². The van der Waals surface area contributed by atoms with Crippen LogP contribution in [-0.4, -0.2) is 47.9 Å². The third-order valence-electron chi connectivity index (χ3n) is 7.58. The molecular weight excluding hydrogens is 518 g/mol. The highest BCUT2D eigenvalue weighted by atomic mass is 16.6. The second-order valence-corrected chi connectivity index (χ2v) is 10.4. The molecule has 4 aromatic carbocycles. The van der Waals surface area contributed by atoms with Crippen LogP contribution in [0.15, 0.2) is 97.1 Å². The molecule has 3 unspecified atom stereocenters. The normalized spacial score (nSPS) is 17.7. The molecule has 0 aromatic heterocycles. The fourth-order valence-corrected chi connectivity index (χ4v) is 5.31. The van der Waals surface area contributed by atoms with E-state index in [4.69, 9.17) is 14.2 Å². The van der Waals surface area contributed by atoms with E-state index in [0.29, 0.717) is 32.7 Å². The van der Waals surface area contributed by atoms with Crippen LogP contribution in [0.4, 0.5) is 4.79 Å². The number of carbonyl (C=O) groups excluding carboxylic acids is 1. The molecule has 5 rings (SSSR count). The van der Waals surface area contributed by atoms with Gasteiger partial charge in [0.15, 0.2) is 0 Å². The van der Waals surface area contributed by atoms with Crippen LogP contribution in [0.5, 0.6) is 0 Å². The Morgan fingerprint density at radius 1 is 0.878 bits per heavy atom. The van der Waals surface area contributed by atoms with Gasteiger partial charge < -0.3 is 24.2 Å². The van der Waals surface area contributed by atoms with Crippen LogP contribution in [0.25, 0.3) is 10.8 Å². The van der Waals surface area contributed by atoms with Crippen LogP contribution in [0.1, 0.15) is 47.6 Å². The van der Waals surface area contributed by atoms with E-state index in [-0.39, 0.29) is 18.6 Å². The fraction of sp³-hybridized carbons (Fsp3) is 0.294. The maximum Gasteiger partial charge on any atom is 0.407 e. The molecule has 1 N–H and O–H groups in total. The summed E-state index contributed by atoms with van der Waals surface area (Å²) in [6, 6.07) is 32.1. The summed E-state index contributed by atoms with van der Waals surface area (Å²) in [7, 11) is 0. The molecule has 7 nitrogen and oxygen atoms in total. The number of carbonyl (C=O) groups is 2. The van der Waals surface area contributed by atoms with Crippen LogP contribution in [0.2, 0.25) is 0 Å². The lowest BCUT2D eigenvalue weighted by Gasteiger charge is -2.37. The summed E-state index contributed by atoms with van der Waals surface area (Å²) in [6.45, 7) is 3.24. The molecule has 1 fully saturated rings. The largest absolute Gasteiger partial charge is 0.465 e. The molecular formula is C34H35NO6. The number of hydrogen-bond acceptors (Lipinski definition) is 5. The summed E-state index contributed by atoms with van der Waals surface area (Å²) >= 11 is 0. The standard InChI is InChI=1S/C34H35NO6/c1-24(41-33(36)23-39-21-25-7-3-2-4-8-25)27-13-15-29(16-14-27)31-17-18-35(34(37)38)20-32(31)40-22-26-11-12-28-9-5-6-10-30(28)19-26/h2-16,19,24,31-32H,17-18,20-23H2,1H3,(H,37,38). The van der Waals surface area contributed by atoms with Crippen molar-refractivity contribution in [3.05, 3.63) is 119 Å². The number of piperidine rings is 1. The number of amides is 1. The van der Waals surface area contributed by atoms with E-state index in [1.54, 1.807) is 0 Å². The molecule has 0 saturated carbocycles. The molecule has 1 aliphatic rings. The Labute approximate surface area is 240 Å². The predicted octanol–water partition coefficient (Wildman–Crippen LogP) is 6.71. The number of benzene rings is 4. The highest BCUT2D eigenvalue weighted by Crippen LogP contribution is 2.32.